The quantitative estimate of drug-likeness (QED) is 0.831. The predicted molar refractivity (Wildman–Crippen MR) is 93.4 cm³/mol. The number of nitrogens with zero attached hydrogens (tertiary/aromatic N) is 4. The number of hydrogen-bond acceptors (Lipinski definition) is 5. The zero-order valence-corrected chi connectivity index (χ0v) is 14.3. The second kappa shape index (κ2) is 7.31. The van der Waals surface area contributed by atoms with Crippen LogP contribution in [0.15, 0.2) is 24.7 Å². The number of carbonyl (C=O) groups excluding carboxylic acids is 1. The van der Waals surface area contributed by atoms with Crippen LogP contribution in [-0.4, -0.2) is 45.3 Å². The van der Waals surface area contributed by atoms with E-state index in [0.29, 0.717) is 24.2 Å². The summed E-state index contributed by atoms with van der Waals surface area (Å²) in [6, 6.07) is 2.13. The van der Waals surface area contributed by atoms with Gasteiger partial charge in [-0.15, -0.1) is 0 Å². The molecule has 1 aliphatic heterocycles. The molecule has 1 unspecified atom stereocenters. The van der Waals surface area contributed by atoms with Crippen molar-refractivity contribution in [3.63, 3.8) is 0 Å². The second-order valence-corrected chi connectivity index (χ2v) is 6.91. The largest absolute Gasteiger partial charge is 0.350 e. The maximum absolute atomic E-state index is 12.2. The molecule has 0 radical (unpaired) electrons. The van der Waals surface area contributed by atoms with Gasteiger partial charge in [-0.1, -0.05) is 0 Å². The van der Waals surface area contributed by atoms with Crippen LogP contribution in [0.2, 0.25) is 0 Å². The topological polar surface area (TPSA) is 84.7 Å². The maximum atomic E-state index is 12.2. The van der Waals surface area contributed by atoms with Gasteiger partial charge in [0, 0.05) is 37.6 Å². The molecule has 1 amide bonds. The third-order valence-corrected chi connectivity index (χ3v) is 4.85. The van der Waals surface area contributed by atoms with Crippen molar-refractivity contribution in [2.45, 2.75) is 44.1 Å². The average molecular weight is 340 g/mol. The predicted octanol–water partition coefficient (Wildman–Crippen LogP) is 1.45. The zero-order chi connectivity index (χ0) is 17.1. The molecule has 7 heteroatoms. The first-order valence-electron chi connectivity index (χ1n) is 9.14. The molecule has 1 atom stereocenters. The van der Waals surface area contributed by atoms with Gasteiger partial charge in [0.05, 0.1) is 6.04 Å². The van der Waals surface area contributed by atoms with Crippen molar-refractivity contribution in [1.82, 2.24) is 30.4 Å². The minimum Gasteiger partial charge on any atom is -0.350 e. The minimum atomic E-state index is -0.127. The Hall–Kier alpha value is -2.28. The normalized spacial score (nSPS) is 20.4. The fraction of sp³-hybridized carbons (Fsp3) is 0.556. The highest BCUT2D eigenvalue weighted by Gasteiger charge is 2.26. The van der Waals surface area contributed by atoms with Gasteiger partial charge >= 0.3 is 0 Å². The molecule has 2 aliphatic rings. The molecule has 1 saturated carbocycles. The Labute approximate surface area is 147 Å². The highest BCUT2D eigenvalue weighted by molar-refractivity contribution is 5.92. The zero-order valence-electron chi connectivity index (χ0n) is 14.3. The van der Waals surface area contributed by atoms with Crippen LogP contribution in [-0.2, 0) is 6.42 Å². The highest BCUT2D eigenvalue weighted by atomic mass is 16.1. The van der Waals surface area contributed by atoms with Gasteiger partial charge < -0.3 is 10.6 Å². The molecule has 132 valence electrons. The standard InChI is InChI=1S/C18H24N6O/c25-18(16-6-9-24(23-16)15-2-1-7-19-12-15)20-8-5-13-10-21-17(22-11-13)14-3-4-14/h6,9-11,14-15,19H,1-5,7-8,12H2,(H,20,25). The van der Waals surface area contributed by atoms with E-state index in [2.05, 4.69) is 25.7 Å². The van der Waals surface area contributed by atoms with E-state index in [0.717, 1.165) is 43.7 Å². The van der Waals surface area contributed by atoms with Crippen LogP contribution in [0.5, 0.6) is 0 Å². The van der Waals surface area contributed by atoms with Gasteiger partial charge in [-0.3, -0.25) is 9.48 Å². The molecule has 25 heavy (non-hydrogen) atoms. The summed E-state index contributed by atoms with van der Waals surface area (Å²) in [6.07, 6.45) is 11.0. The first-order valence-corrected chi connectivity index (χ1v) is 9.14. The van der Waals surface area contributed by atoms with Crippen LogP contribution in [0.3, 0.4) is 0 Å². The van der Waals surface area contributed by atoms with Crippen LogP contribution in [0.4, 0.5) is 0 Å². The number of rotatable bonds is 6. The lowest BCUT2D eigenvalue weighted by Crippen LogP contribution is -2.32. The summed E-state index contributed by atoms with van der Waals surface area (Å²) >= 11 is 0. The summed E-state index contributed by atoms with van der Waals surface area (Å²) in [4.78, 5) is 21.1. The number of aromatic nitrogens is 4. The van der Waals surface area contributed by atoms with E-state index >= 15 is 0 Å². The van der Waals surface area contributed by atoms with Crippen molar-refractivity contribution in [2.75, 3.05) is 19.6 Å². The van der Waals surface area contributed by atoms with Crippen LogP contribution < -0.4 is 10.6 Å². The van der Waals surface area contributed by atoms with Gasteiger partial charge in [0.25, 0.3) is 5.91 Å². The Kier molecular flexibility index (Phi) is 4.74. The Balaban J connectivity index is 1.26. The SMILES string of the molecule is O=C(NCCc1cnc(C2CC2)nc1)c1ccn(C2CCCNC2)n1. The Bertz CT molecular complexity index is 715. The van der Waals surface area contributed by atoms with Crippen LogP contribution in [0.25, 0.3) is 0 Å². The summed E-state index contributed by atoms with van der Waals surface area (Å²) in [6.45, 7) is 2.54. The van der Waals surface area contributed by atoms with E-state index < -0.39 is 0 Å². The van der Waals surface area contributed by atoms with Crippen molar-refractivity contribution in [3.8, 4) is 0 Å². The van der Waals surface area contributed by atoms with Gasteiger partial charge in [0.1, 0.15) is 11.5 Å². The van der Waals surface area contributed by atoms with Gasteiger partial charge in [0.15, 0.2) is 0 Å². The van der Waals surface area contributed by atoms with Crippen molar-refractivity contribution < 1.29 is 4.79 Å². The lowest BCUT2D eigenvalue weighted by atomic mass is 10.1. The fourth-order valence-electron chi connectivity index (χ4n) is 3.18. The summed E-state index contributed by atoms with van der Waals surface area (Å²) in [5.41, 5.74) is 1.52. The first-order chi connectivity index (χ1) is 12.3. The Morgan fingerprint density at radius 1 is 1.28 bits per heavy atom. The van der Waals surface area contributed by atoms with Crippen molar-refractivity contribution in [1.29, 1.82) is 0 Å². The van der Waals surface area contributed by atoms with E-state index in [9.17, 15) is 4.79 Å². The fourth-order valence-corrected chi connectivity index (χ4v) is 3.18. The number of amides is 1. The molecule has 2 fully saturated rings. The summed E-state index contributed by atoms with van der Waals surface area (Å²) in [7, 11) is 0. The Morgan fingerprint density at radius 3 is 2.84 bits per heavy atom. The van der Waals surface area contributed by atoms with Crippen molar-refractivity contribution in [3.05, 3.63) is 41.7 Å². The number of piperidine rings is 1. The molecule has 2 aromatic heterocycles. The van der Waals surface area contributed by atoms with Crippen molar-refractivity contribution >= 4 is 5.91 Å². The van der Waals surface area contributed by atoms with E-state index in [1.807, 2.05) is 23.3 Å². The third-order valence-electron chi connectivity index (χ3n) is 4.85. The molecular weight excluding hydrogens is 316 g/mol. The maximum Gasteiger partial charge on any atom is 0.271 e. The number of carbonyl (C=O) groups is 1. The summed E-state index contributed by atoms with van der Waals surface area (Å²) < 4.78 is 1.91. The molecule has 7 nitrogen and oxygen atoms in total. The molecule has 0 spiro atoms. The second-order valence-electron chi connectivity index (χ2n) is 6.91. The molecule has 0 bridgehead atoms. The first kappa shape index (κ1) is 16.2. The molecule has 3 heterocycles. The molecule has 1 saturated heterocycles. The smallest absolute Gasteiger partial charge is 0.271 e. The van der Waals surface area contributed by atoms with Gasteiger partial charge in [-0.2, -0.15) is 5.10 Å². The van der Waals surface area contributed by atoms with Crippen LogP contribution in [0.1, 0.15) is 59.5 Å². The third kappa shape index (κ3) is 4.04. The molecular formula is C18H24N6O. The average Bonchev–Trinajstić information content (AvgIpc) is 3.39. The van der Waals surface area contributed by atoms with Crippen LogP contribution >= 0.6 is 0 Å². The Morgan fingerprint density at radius 2 is 2.12 bits per heavy atom. The molecule has 2 N–H and O–H groups in total. The monoisotopic (exact) mass is 340 g/mol. The summed E-state index contributed by atoms with van der Waals surface area (Å²) in [5.74, 6) is 1.40. The lowest BCUT2D eigenvalue weighted by molar-refractivity contribution is 0.0947. The highest BCUT2D eigenvalue weighted by Crippen LogP contribution is 2.37. The number of hydrogen-bond donors (Lipinski definition) is 2. The van der Waals surface area contributed by atoms with E-state index in [-0.39, 0.29) is 5.91 Å². The number of nitrogens with one attached hydrogen (secondary N) is 2. The van der Waals surface area contributed by atoms with Crippen LogP contribution in [0, 0.1) is 0 Å². The van der Waals surface area contributed by atoms with E-state index in [1.165, 1.54) is 12.8 Å². The molecule has 0 aromatic carbocycles. The molecule has 2 aromatic rings. The van der Waals surface area contributed by atoms with Gasteiger partial charge in [-0.05, 0) is 50.3 Å². The van der Waals surface area contributed by atoms with E-state index in [1.54, 1.807) is 6.07 Å². The van der Waals surface area contributed by atoms with Crippen molar-refractivity contribution in [2.24, 2.45) is 0 Å². The minimum absolute atomic E-state index is 0.127. The van der Waals surface area contributed by atoms with Gasteiger partial charge in [-0.25, -0.2) is 9.97 Å². The molecule has 1 aliphatic carbocycles. The van der Waals surface area contributed by atoms with E-state index in [4.69, 9.17) is 0 Å². The summed E-state index contributed by atoms with van der Waals surface area (Å²) in [5, 5.41) is 10.7. The van der Waals surface area contributed by atoms with Gasteiger partial charge in [0.2, 0.25) is 0 Å². The molecule has 4 rings (SSSR count). The lowest BCUT2D eigenvalue weighted by Gasteiger charge is -2.22.